The maximum absolute atomic E-state index is 4.06. The van der Waals surface area contributed by atoms with Crippen LogP contribution in [0.4, 0.5) is 0 Å². The van der Waals surface area contributed by atoms with Gasteiger partial charge in [0.25, 0.3) is 0 Å². The lowest BCUT2D eigenvalue weighted by molar-refractivity contribution is 0.181. The standard InChI is InChI=1S/C13H19N3/c1-2-12(1)13-10-16(8-7-15-13)9-11-3-5-14-6-4-11/h3-6,12-13,15H,1-2,7-10H2. The molecule has 86 valence electrons. The zero-order valence-electron chi connectivity index (χ0n) is 9.60. The fourth-order valence-corrected chi connectivity index (χ4v) is 2.55. The number of pyridine rings is 1. The van der Waals surface area contributed by atoms with Crippen LogP contribution in [0.3, 0.4) is 0 Å². The number of aromatic nitrogens is 1. The first kappa shape index (κ1) is 10.2. The lowest BCUT2D eigenvalue weighted by Crippen LogP contribution is -2.51. The molecule has 0 aromatic carbocycles. The molecule has 3 heteroatoms. The molecular weight excluding hydrogens is 198 g/mol. The van der Waals surface area contributed by atoms with E-state index in [1.165, 1.54) is 31.5 Å². The summed E-state index contributed by atoms with van der Waals surface area (Å²) in [4.78, 5) is 6.63. The van der Waals surface area contributed by atoms with Crippen molar-refractivity contribution in [3.8, 4) is 0 Å². The Bertz CT molecular complexity index is 334. The van der Waals surface area contributed by atoms with Crippen LogP contribution in [0, 0.1) is 5.92 Å². The normalized spacial score (nSPS) is 26.9. The van der Waals surface area contributed by atoms with Gasteiger partial charge in [0.2, 0.25) is 0 Å². The Morgan fingerprint density at radius 2 is 2.12 bits per heavy atom. The van der Waals surface area contributed by atoms with Crippen LogP contribution in [0.15, 0.2) is 24.5 Å². The van der Waals surface area contributed by atoms with Crippen molar-refractivity contribution >= 4 is 0 Å². The summed E-state index contributed by atoms with van der Waals surface area (Å²) in [5.41, 5.74) is 1.38. The van der Waals surface area contributed by atoms with Crippen LogP contribution in [-0.4, -0.2) is 35.6 Å². The van der Waals surface area contributed by atoms with Crippen molar-refractivity contribution in [2.75, 3.05) is 19.6 Å². The van der Waals surface area contributed by atoms with Crippen LogP contribution in [0.1, 0.15) is 18.4 Å². The monoisotopic (exact) mass is 217 g/mol. The Labute approximate surface area is 96.9 Å². The van der Waals surface area contributed by atoms with Crippen molar-refractivity contribution in [1.29, 1.82) is 0 Å². The number of nitrogens with one attached hydrogen (secondary N) is 1. The molecule has 2 fully saturated rings. The van der Waals surface area contributed by atoms with Gasteiger partial charge in [-0.05, 0) is 36.5 Å². The van der Waals surface area contributed by atoms with E-state index in [2.05, 4.69) is 27.3 Å². The highest BCUT2D eigenvalue weighted by molar-refractivity contribution is 5.09. The third-order valence-electron chi connectivity index (χ3n) is 3.64. The molecule has 0 radical (unpaired) electrons. The van der Waals surface area contributed by atoms with Crippen LogP contribution in [0.5, 0.6) is 0 Å². The summed E-state index contributed by atoms with van der Waals surface area (Å²) in [6.45, 7) is 4.61. The Morgan fingerprint density at radius 1 is 1.31 bits per heavy atom. The summed E-state index contributed by atoms with van der Waals surface area (Å²) in [5.74, 6) is 0.959. The van der Waals surface area contributed by atoms with E-state index in [0.717, 1.165) is 25.0 Å². The molecule has 1 aromatic rings. The summed E-state index contributed by atoms with van der Waals surface area (Å²) in [7, 11) is 0. The second-order valence-corrected chi connectivity index (χ2v) is 4.99. The maximum Gasteiger partial charge on any atom is 0.0271 e. The highest BCUT2D eigenvalue weighted by atomic mass is 15.2. The van der Waals surface area contributed by atoms with Crippen molar-refractivity contribution in [1.82, 2.24) is 15.2 Å². The fourth-order valence-electron chi connectivity index (χ4n) is 2.55. The second-order valence-electron chi connectivity index (χ2n) is 4.99. The topological polar surface area (TPSA) is 28.2 Å². The Kier molecular flexibility index (Phi) is 2.89. The van der Waals surface area contributed by atoms with Gasteiger partial charge in [0, 0.05) is 44.6 Å². The second kappa shape index (κ2) is 4.52. The zero-order valence-corrected chi connectivity index (χ0v) is 9.60. The molecule has 1 atom stereocenters. The van der Waals surface area contributed by atoms with Gasteiger partial charge in [-0.2, -0.15) is 0 Å². The lowest BCUT2D eigenvalue weighted by Gasteiger charge is -2.33. The largest absolute Gasteiger partial charge is 0.311 e. The zero-order chi connectivity index (χ0) is 10.8. The molecule has 1 saturated carbocycles. The predicted molar refractivity (Wildman–Crippen MR) is 64.0 cm³/mol. The number of rotatable bonds is 3. The van der Waals surface area contributed by atoms with Gasteiger partial charge in [0.05, 0.1) is 0 Å². The van der Waals surface area contributed by atoms with Crippen LogP contribution >= 0.6 is 0 Å². The Balaban J connectivity index is 1.58. The van der Waals surface area contributed by atoms with E-state index in [1.54, 1.807) is 0 Å². The molecule has 1 aliphatic carbocycles. The van der Waals surface area contributed by atoms with Crippen LogP contribution in [-0.2, 0) is 6.54 Å². The van der Waals surface area contributed by atoms with E-state index in [9.17, 15) is 0 Å². The Morgan fingerprint density at radius 3 is 2.88 bits per heavy atom. The SMILES string of the molecule is c1cc(CN2CCNC(C3CC3)C2)ccn1. The van der Waals surface area contributed by atoms with E-state index >= 15 is 0 Å². The molecule has 0 amide bonds. The molecule has 1 aliphatic heterocycles. The van der Waals surface area contributed by atoms with E-state index in [1.807, 2.05) is 12.4 Å². The van der Waals surface area contributed by atoms with Crippen LogP contribution < -0.4 is 5.32 Å². The minimum absolute atomic E-state index is 0.746. The molecule has 3 rings (SSSR count). The summed E-state index contributed by atoms with van der Waals surface area (Å²) >= 11 is 0. The predicted octanol–water partition coefficient (Wildman–Crippen LogP) is 1.27. The van der Waals surface area contributed by atoms with Crippen molar-refractivity contribution < 1.29 is 0 Å². The number of piperazine rings is 1. The number of nitrogens with zero attached hydrogens (tertiary/aromatic N) is 2. The molecule has 2 heterocycles. The molecule has 1 N–H and O–H groups in total. The van der Waals surface area contributed by atoms with E-state index in [-0.39, 0.29) is 0 Å². The number of hydrogen-bond donors (Lipinski definition) is 1. The summed E-state index contributed by atoms with van der Waals surface area (Å²) in [6.07, 6.45) is 6.63. The van der Waals surface area contributed by atoms with Gasteiger partial charge >= 0.3 is 0 Å². The Hall–Kier alpha value is -0.930. The molecule has 1 aromatic heterocycles. The minimum atomic E-state index is 0.746. The quantitative estimate of drug-likeness (QED) is 0.826. The van der Waals surface area contributed by atoms with Gasteiger partial charge < -0.3 is 5.32 Å². The van der Waals surface area contributed by atoms with E-state index in [4.69, 9.17) is 0 Å². The molecule has 3 nitrogen and oxygen atoms in total. The van der Waals surface area contributed by atoms with Crippen LogP contribution in [0.2, 0.25) is 0 Å². The average molecular weight is 217 g/mol. The molecule has 1 saturated heterocycles. The molecule has 1 unspecified atom stereocenters. The fraction of sp³-hybridized carbons (Fsp3) is 0.615. The summed E-state index contributed by atoms with van der Waals surface area (Å²) in [5, 5.41) is 3.64. The third kappa shape index (κ3) is 2.42. The first-order valence-electron chi connectivity index (χ1n) is 6.26. The smallest absolute Gasteiger partial charge is 0.0271 e. The number of hydrogen-bond acceptors (Lipinski definition) is 3. The van der Waals surface area contributed by atoms with Gasteiger partial charge in [-0.25, -0.2) is 0 Å². The van der Waals surface area contributed by atoms with E-state index < -0.39 is 0 Å². The summed E-state index contributed by atoms with van der Waals surface area (Å²) < 4.78 is 0. The van der Waals surface area contributed by atoms with Crippen molar-refractivity contribution in [2.45, 2.75) is 25.4 Å². The van der Waals surface area contributed by atoms with Crippen molar-refractivity contribution in [3.63, 3.8) is 0 Å². The first-order valence-corrected chi connectivity index (χ1v) is 6.26. The molecule has 2 aliphatic rings. The molecule has 0 bridgehead atoms. The molecule has 16 heavy (non-hydrogen) atoms. The average Bonchev–Trinajstić information content (AvgIpc) is 3.15. The first-order chi connectivity index (χ1) is 7.92. The minimum Gasteiger partial charge on any atom is -0.311 e. The van der Waals surface area contributed by atoms with Crippen molar-refractivity contribution in [3.05, 3.63) is 30.1 Å². The van der Waals surface area contributed by atoms with Crippen LogP contribution in [0.25, 0.3) is 0 Å². The molecular formula is C13H19N3. The van der Waals surface area contributed by atoms with Gasteiger partial charge in [-0.3, -0.25) is 9.88 Å². The lowest BCUT2D eigenvalue weighted by atomic mass is 10.1. The van der Waals surface area contributed by atoms with E-state index in [0.29, 0.717) is 0 Å². The maximum atomic E-state index is 4.06. The summed E-state index contributed by atoms with van der Waals surface area (Å²) in [6, 6.07) is 4.98. The van der Waals surface area contributed by atoms with Gasteiger partial charge in [-0.15, -0.1) is 0 Å². The van der Waals surface area contributed by atoms with Gasteiger partial charge in [-0.1, -0.05) is 0 Å². The highest BCUT2D eigenvalue weighted by Crippen LogP contribution is 2.33. The van der Waals surface area contributed by atoms with Crippen molar-refractivity contribution in [2.24, 2.45) is 5.92 Å². The third-order valence-corrected chi connectivity index (χ3v) is 3.64. The van der Waals surface area contributed by atoms with Gasteiger partial charge in [0.1, 0.15) is 0 Å². The highest BCUT2D eigenvalue weighted by Gasteiger charge is 2.33. The van der Waals surface area contributed by atoms with Gasteiger partial charge in [0.15, 0.2) is 0 Å². The molecule has 0 spiro atoms.